The van der Waals surface area contributed by atoms with E-state index in [2.05, 4.69) is 35.9 Å². The molecule has 0 aliphatic rings. The van der Waals surface area contributed by atoms with Crippen LogP contribution in [0.5, 0.6) is 0 Å². The Morgan fingerprint density at radius 1 is 1.04 bits per heavy atom. The maximum Gasteiger partial charge on any atom is 0.254 e. The molecule has 0 radical (unpaired) electrons. The van der Waals surface area contributed by atoms with Crippen molar-refractivity contribution >= 4 is 11.7 Å². The zero-order valence-corrected chi connectivity index (χ0v) is 14.9. The highest BCUT2D eigenvalue weighted by molar-refractivity contribution is 5.94. The molecule has 1 amide bonds. The van der Waals surface area contributed by atoms with Crippen molar-refractivity contribution < 1.29 is 4.79 Å². The fraction of sp³-hybridized carbons (Fsp3) is 0.400. The first-order valence-electron chi connectivity index (χ1n) is 8.66. The summed E-state index contributed by atoms with van der Waals surface area (Å²) in [6.45, 7) is 6.55. The van der Waals surface area contributed by atoms with Crippen molar-refractivity contribution in [3.8, 4) is 0 Å². The fourth-order valence-corrected chi connectivity index (χ4v) is 2.74. The van der Waals surface area contributed by atoms with Gasteiger partial charge in [0.05, 0.1) is 0 Å². The number of hydrogen-bond donors (Lipinski definition) is 0. The number of hydrogen-bond acceptors (Lipinski definition) is 3. The average molecular weight is 325 g/mol. The van der Waals surface area contributed by atoms with Gasteiger partial charge in [0.25, 0.3) is 5.91 Å². The molecule has 1 aromatic carbocycles. The second-order valence-electron chi connectivity index (χ2n) is 6.04. The van der Waals surface area contributed by atoms with E-state index in [0.717, 1.165) is 38.3 Å². The minimum atomic E-state index is 0.0930. The number of carbonyl (C=O) groups excluding carboxylic acids is 1. The van der Waals surface area contributed by atoms with E-state index in [4.69, 9.17) is 0 Å². The van der Waals surface area contributed by atoms with Crippen molar-refractivity contribution in [1.82, 2.24) is 9.88 Å². The van der Waals surface area contributed by atoms with Crippen LogP contribution in [0, 0.1) is 0 Å². The van der Waals surface area contributed by atoms with Gasteiger partial charge in [-0.3, -0.25) is 4.79 Å². The number of anilines is 1. The molecule has 2 aromatic rings. The highest BCUT2D eigenvalue weighted by Gasteiger charge is 2.15. The first-order chi connectivity index (χ1) is 11.7. The number of pyridine rings is 1. The van der Waals surface area contributed by atoms with E-state index in [9.17, 15) is 4.79 Å². The van der Waals surface area contributed by atoms with Gasteiger partial charge >= 0.3 is 0 Å². The second-order valence-corrected chi connectivity index (χ2v) is 6.04. The van der Waals surface area contributed by atoms with Crippen LogP contribution in [0.4, 0.5) is 5.82 Å². The average Bonchev–Trinajstić information content (AvgIpc) is 2.62. The standard InChI is InChI=1S/C20H27N3O/c1-4-13-23(14-5-2)20(24)18-11-12-21-19(15-18)22(3)16-17-9-7-6-8-10-17/h6-12,15H,4-5,13-14,16H2,1-3H3. The van der Waals surface area contributed by atoms with E-state index < -0.39 is 0 Å². The van der Waals surface area contributed by atoms with Gasteiger partial charge in [0, 0.05) is 38.4 Å². The number of carbonyl (C=O) groups is 1. The zero-order valence-electron chi connectivity index (χ0n) is 14.9. The van der Waals surface area contributed by atoms with Crippen molar-refractivity contribution in [3.05, 3.63) is 59.8 Å². The summed E-state index contributed by atoms with van der Waals surface area (Å²) in [6.07, 6.45) is 3.66. The molecule has 0 aliphatic heterocycles. The van der Waals surface area contributed by atoms with Gasteiger partial charge in [-0.25, -0.2) is 4.98 Å². The van der Waals surface area contributed by atoms with Crippen LogP contribution < -0.4 is 4.90 Å². The lowest BCUT2D eigenvalue weighted by Gasteiger charge is -2.23. The van der Waals surface area contributed by atoms with Gasteiger partial charge < -0.3 is 9.80 Å². The molecule has 0 aliphatic carbocycles. The zero-order chi connectivity index (χ0) is 17.4. The van der Waals surface area contributed by atoms with Crippen LogP contribution in [0.25, 0.3) is 0 Å². The number of nitrogens with zero attached hydrogens (tertiary/aromatic N) is 3. The predicted molar refractivity (Wildman–Crippen MR) is 99.3 cm³/mol. The Morgan fingerprint density at radius 2 is 1.71 bits per heavy atom. The molecular formula is C20H27N3O. The third kappa shape index (κ3) is 4.82. The lowest BCUT2D eigenvalue weighted by atomic mass is 10.2. The van der Waals surface area contributed by atoms with Crippen LogP contribution >= 0.6 is 0 Å². The number of amides is 1. The lowest BCUT2D eigenvalue weighted by molar-refractivity contribution is 0.0755. The van der Waals surface area contributed by atoms with Gasteiger partial charge in [-0.2, -0.15) is 0 Å². The van der Waals surface area contributed by atoms with Crippen molar-refractivity contribution in [2.45, 2.75) is 33.2 Å². The second kappa shape index (κ2) is 9.06. The summed E-state index contributed by atoms with van der Waals surface area (Å²) < 4.78 is 0. The molecule has 4 heteroatoms. The van der Waals surface area contributed by atoms with Crippen molar-refractivity contribution in [3.63, 3.8) is 0 Å². The van der Waals surface area contributed by atoms with E-state index in [0.29, 0.717) is 5.56 Å². The predicted octanol–water partition coefficient (Wildman–Crippen LogP) is 3.98. The summed E-state index contributed by atoms with van der Waals surface area (Å²) in [6, 6.07) is 14.0. The van der Waals surface area contributed by atoms with Crippen LogP contribution in [0.3, 0.4) is 0 Å². The maximum absolute atomic E-state index is 12.7. The largest absolute Gasteiger partial charge is 0.355 e. The summed E-state index contributed by atoms with van der Waals surface area (Å²) in [4.78, 5) is 21.2. The Hall–Kier alpha value is -2.36. The Morgan fingerprint density at radius 3 is 2.33 bits per heavy atom. The van der Waals surface area contributed by atoms with Crippen molar-refractivity contribution in [1.29, 1.82) is 0 Å². The third-order valence-electron chi connectivity index (χ3n) is 3.92. The monoisotopic (exact) mass is 325 g/mol. The van der Waals surface area contributed by atoms with E-state index in [1.54, 1.807) is 12.3 Å². The van der Waals surface area contributed by atoms with Gasteiger partial charge in [-0.05, 0) is 30.5 Å². The van der Waals surface area contributed by atoms with Crippen LogP contribution in [-0.4, -0.2) is 35.9 Å². The Labute approximate surface area is 145 Å². The molecule has 128 valence electrons. The summed E-state index contributed by atoms with van der Waals surface area (Å²) in [5, 5.41) is 0. The minimum absolute atomic E-state index is 0.0930. The molecule has 0 bridgehead atoms. The molecule has 2 rings (SSSR count). The van der Waals surface area contributed by atoms with E-state index in [1.165, 1.54) is 5.56 Å². The fourth-order valence-electron chi connectivity index (χ4n) is 2.74. The first kappa shape index (κ1) is 18.0. The number of benzene rings is 1. The van der Waals surface area contributed by atoms with Gasteiger partial charge in [0.15, 0.2) is 0 Å². The first-order valence-corrected chi connectivity index (χ1v) is 8.66. The Balaban J connectivity index is 2.13. The third-order valence-corrected chi connectivity index (χ3v) is 3.92. The Kier molecular flexibility index (Phi) is 6.79. The number of aromatic nitrogens is 1. The molecule has 1 aromatic heterocycles. The summed E-state index contributed by atoms with van der Waals surface area (Å²) in [5.41, 5.74) is 1.93. The van der Waals surface area contributed by atoms with Crippen LogP contribution in [0.2, 0.25) is 0 Å². The van der Waals surface area contributed by atoms with Gasteiger partial charge in [-0.1, -0.05) is 44.2 Å². The topological polar surface area (TPSA) is 36.4 Å². The summed E-state index contributed by atoms with van der Waals surface area (Å²) in [7, 11) is 2.00. The molecule has 0 fully saturated rings. The van der Waals surface area contributed by atoms with E-state index in [1.807, 2.05) is 36.2 Å². The van der Waals surface area contributed by atoms with Crippen molar-refractivity contribution in [2.24, 2.45) is 0 Å². The van der Waals surface area contributed by atoms with E-state index in [-0.39, 0.29) is 5.91 Å². The molecule has 0 unspecified atom stereocenters. The highest BCUT2D eigenvalue weighted by Crippen LogP contribution is 2.16. The molecule has 0 saturated carbocycles. The maximum atomic E-state index is 12.7. The quantitative estimate of drug-likeness (QED) is 0.736. The van der Waals surface area contributed by atoms with Crippen LogP contribution in [-0.2, 0) is 6.54 Å². The lowest BCUT2D eigenvalue weighted by Crippen LogP contribution is -2.32. The molecule has 1 heterocycles. The van der Waals surface area contributed by atoms with Crippen LogP contribution in [0.1, 0.15) is 42.6 Å². The molecule has 4 nitrogen and oxygen atoms in total. The highest BCUT2D eigenvalue weighted by atomic mass is 16.2. The van der Waals surface area contributed by atoms with Crippen molar-refractivity contribution in [2.75, 3.05) is 25.0 Å². The summed E-state index contributed by atoms with van der Waals surface area (Å²) >= 11 is 0. The van der Waals surface area contributed by atoms with E-state index >= 15 is 0 Å². The molecule has 0 saturated heterocycles. The molecule has 24 heavy (non-hydrogen) atoms. The molecule has 0 N–H and O–H groups in total. The minimum Gasteiger partial charge on any atom is -0.355 e. The van der Waals surface area contributed by atoms with Crippen LogP contribution in [0.15, 0.2) is 48.7 Å². The normalized spacial score (nSPS) is 10.5. The van der Waals surface area contributed by atoms with Gasteiger partial charge in [0.2, 0.25) is 0 Å². The van der Waals surface area contributed by atoms with Gasteiger partial charge in [0.1, 0.15) is 5.82 Å². The SMILES string of the molecule is CCCN(CCC)C(=O)c1ccnc(N(C)Cc2ccccc2)c1. The Bertz CT molecular complexity index is 636. The molecule has 0 spiro atoms. The summed E-state index contributed by atoms with van der Waals surface area (Å²) in [5.74, 6) is 0.910. The smallest absolute Gasteiger partial charge is 0.254 e. The molecular weight excluding hydrogens is 298 g/mol. The van der Waals surface area contributed by atoms with Gasteiger partial charge in [-0.15, -0.1) is 0 Å². The molecule has 0 atom stereocenters. The number of rotatable bonds is 8.